The van der Waals surface area contributed by atoms with E-state index < -0.39 is 32.5 Å². The Labute approximate surface area is 409 Å². The topological polar surface area (TPSA) is 134 Å². The number of allylic oxidation sites excluding steroid dienone is 18. The molecule has 0 amide bonds. The van der Waals surface area contributed by atoms with Crippen LogP contribution < -0.4 is 5.73 Å². The van der Waals surface area contributed by atoms with E-state index in [1.54, 1.807) is 0 Å². The fourth-order valence-electron chi connectivity index (χ4n) is 6.76. The zero-order valence-electron chi connectivity index (χ0n) is 42.3. The summed E-state index contributed by atoms with van der Waals surface area (Å²) in [4.78, 5) is 35.1. The van der Waals surface area contributed by atoms with Gasteiger partial charge in [0.1, 0.15) is 6.61 Å². The second-order valence-electron chi connectivity index (χ2n) is 17.0. The number of phosphoric ester groups is 1. The van der Waals surface area contributed by atoms with E-state index in [1.165, 1.54) is 57.8 Å². The highest BCUT2D eigenvalue weighted by Gasteiger charge is 2.26. The number of nitrogens with two attached hydrogens (primary N) is 1. The molecule has 0 saturated heterocycles. The summed E-state index contributed by atoms with van der Waals surface area (Å²) in [6.45, 7) is 3.56. The number of hydrogen-bond donors (Lipinski definition) is 2. The molecule has 0 aromatic rings. The van der Waals surface area contributed by atoms with Gasteiger partial charge >= 0.3 is 19.8 Å². The molecule has 0 radical (unpaired) electrons. The summed E-state index contributed by atoms with van der Waals surface area (Å²) in [5, 5.41) is 0. The Morgan fingerprint density at radius 3 is 1.22 bits per heavy atom. The van der Waals surface area contributed by atoms with Gasteiger partial charge in [-0.1, -0.05) is 200 Å². The van der Waals surface area contributed by atoms with Crippen LogP contribution in [0.4, 0.5) is 0 Å². The van der Waals surface area contributed by atoms with Gasteiger partial charge in [0.05, 0.1) is 13.2 Å². The molecule has 0 spiro atoms. The number of carbonyl (C=O) groups is 2. The van der Waals surface area contributed by atoms with Gasteiger partial charge in [0, 0.05) is 19.4 Å². The zero-order chi connectivity index (χ0) is 48.8. The molecule has 382 valence electrons. The summed E-state index contributed by atoms with van der Waals surface area (Å²) in [6.07, 6.45) is 69.8. The molecule has 67 heavy (non-hydrogen) atoms. The van der Waals surface area contributed by atoms with Crippen LogP contribution in [-0.2, 0) is 32.7 Å². The Kier molecular flexibility index (Phi) is 49.5. The van der Waals surface area contributed by atoms with Crippen LogP contribution in [0, 0.1) is 0 Å². The van der Waals surface area contributed by atoms with Crippen LogP contribution in [0.2, 0.25) is 0 Å². The molecule has 0 aromatic heterocycles. The first-order chi connectivity index (χ1) is 32.8. The monoisotopic (exact) mass is 954 g/mol. The van der Waals surface area contributed by atoms with Gasteiger partial charge < -0.3 is 20.1 Å². The van der Waals surface area contributed by atoms with Crippen LogP contribution in [0.5, 0.6) is 0 Å². The standard InChI is InChI=1S/C57H96NO8P/c1-3-5-7-9-11-13-15-17-19-21-23-24-25-26-27-28-29-30-32-34-36-38-40-42-44-46-48-50-57(60)66-55(54-65-67(61,62)64-52-51-58)53-63-56(59)49-47-45-43-41-39-37-35-33-31-22-20-18-16-14-12-10-8-6-4-2/h5,7,11-14,17-20,23-24,26-27,29-30,34,36,55H,3-4,6,8-10,15-16,21-22,25,28,31-33,35,37-54,58H2,1-2H3,(H,61,62)/b7-5-,13-11-,14-12-,19-17-,20-18-,24-23-,27-26-,30-29-,36-34-. The molecule has 0 fully saturated rings. The highest BCUT2D eigenvalue weighted by Crippen LogP contribution is 2.43. The molecule has 0 saturated carbocycles. The quantitative estimate of drug-likeness (QED) is 0.0264. The number of carbonyl (C=O) groups excluding carboxylic acids is 2. The van der Waals surface area contributed by atoms with Gasteiger partial charge in [-0.3, -0.25) is 18.6 Å². The minimum Gasteiger partial charge on any atom is -0.462 e. The molecular formula is C57H96NO8P. The van der Waals surface area contributed by atoms with E-state index in [2.05, 4.69) is 123 Å². The van der Waals surface area contributed by atoms with E-state index in [0.29, 0.717) is 6.42 Å². The summed E-state index contributed by atoms with van der Waals surface area (Å²) in [7, 11) is -4.40. The molecule has 0 rings (SSSR count). The fraction of sp³-hybridized carbons (Fsp3) is 0.649. The van der Waals surface area contributed by atoms with Crippen molar-refractivity contribution in [3.05, 3.63) is 109 Å². The second kappa shape index (κ2) is 52.0. The van der Waals surface area contributed by atoms with Gasteiger partial charge in [0.15, 0.2) is 6.10 Å². The van der Waals surface area contributed by atoms with Gasteiger partial charge in [0.25, 0.3) is 0 Å². The maximum atomic E-state index is 12.7. The van der Waals surface area contributed by atoms with Crippen LogP contribution in [0.15, 0.2) is 109 Å². The van der Waals surface area contributed by atoms with E-state index in [9.17, 15) is 19.0 Å². The highest BCUT2D eigenvalue weighted by molar-refractivity contribution is 7.47. The Bertz CT molecular complexity index is 1460. The SMILES string of the molecule is CC/C=C\C/C=C\C/C=C\C/C=C\C/C=C\C/C=C\C/C=C\CCCCCCCC(=O)OC(COC(=O)CCCCCCCCCCC/C=C\C/C=C\CCCCC)COP(=O)(O)OCCN. The lowest BCUT2D eigenvalue weighted by atomic mass is 10.1. The van der Waals surface area contributed by atoms with Crippen LogP contribution >= 0.6 is 7.82 Å². The lowest BCUT2D eigenvalue weighted by Crippen LogP contribution is -2.29. The van der Waals surface area contributed by atoms with Crippen molar-refractivity contribution >= 4 is 19.8 Å². The molecule has 0 aromatic carbocycles. The van der Waals surface area contributed by atoms with E-state index >= 15 is 0 Å². The molecule has 0 aliphatic carbocycles. The van der Waals surface area contributed by atoms with Crippen molar-refractivity contribution in [2.75, 3.05) is 26.4 Å². The number of phosphoric acid groups is 1. The molecule has 3 N–H and O–H groups in total. The molecule has 0 bridgehead atoms. The van der Waals surface area contributed by atoms with Crippen molar-refractivity contribution in [2.24, 2.45) is 5.73 Å². The van der Waals surface area contributed by atoms with Crippen molar-refractivity contribution in [3.8, 4) is 0 Å². The first-order valence-corrected chi connectivity index (χ1v) is 27.9. The summed E-state index contributed by atoms with van der Waals surface area (Å²) in [5.41, 5.74) is 5.37. The Balaban J connectivity index is 4.13. The van der Waals surface area contributed by atoms with E-state index in [-0.39, 0.29) is 32.6 Å². The third kappa shape index (κ3) is 51.9. The maximum Gasteiger partial charge on any atom is 0.472 e. The van der Waals surface area contributed by atoms with Gasteiger partial charge in [-0.15, -0.1) is 0 Å². The Morgan fingerprint density at radius 2 is 0.821 bits per heavy atom. The largest absolute Gasteiger partial charge is 0.472 e. The fourth-order valence-corrected chi connectivity index (χ4v) is 7.53. The molecule has 0 heterocycles. The summed E-state index contributed by atoms with van der Waals surface area (Å²) < 4.78 is 32.9. The van der Waals surface area contributed by atoms with Crippen LogP contribution in [-0.4, -0.2) is 49.3 Å². The zero-order valence-corrected chi connectivity index (χ0v) is 43.2. The first kappa shape index (κ1) is 63.7. The van der Waals surface area contributed by atoms with Gasteiger partial charge in [-0.2, -0.15) is 0 Å². The van der Waals surface area contributed by atoms with Crippen molar-refractivity contribution in [1.82, 2.24) is 0 Å². The van der Waals surface area contributed by atoms with Crippen LogP contribution in [0.25, 0.3) is 0 Å². The number of rotatable bonds is 48. The van der Waals surface area contributed by atoms with Gasteiger partial charge in [-0.25, -0.2) is 4.57 Å². The van der Waals surface area contributed by atoms with E-state index in [1.807, 2.05) is 0 Å². The molecule has 9 nitrogen and oxygen atoms in total. The lowest BCUT2D eigenvalue weighted by Gasteiger charge is -2.19. The summed E-state index contributed by atoms with van der Waals surface area (Å²) >= 11 is 0. The summed E-state index contributed by atoms with van der Waals surface area (Å²) in [5.74, 6) is -0.862. The van der Waals surface area contributed by atoms with E-state index in [4.69, 9.17) is 24.3 Å². The predicted molar refractivity (Wildman–Crippen MR) is 284 cm³/mol. The first-order valence-electron chi connectivity index (χ1n) is 26.4. The van der Waals surface area contributed by atoms with Gasteiger partial charge in [0.2, 0.25) is 0 Å². The number of ether oxygens (including phenoxy) is 2. The smallest absolute Gasteiger partial charge is 0.462 e. The molecule has 0 aliphatic heterocycles. The molecular weight excluding hydrogens is 858 g/mol. The lowest BCUT2D eigenvalue weighted by molar-refractivity contribution is -0.161. The average molecular weight is 954 g/mol. The Hall–Kier alpha value is -3.33. The highest BCUT2D eigenvalue weighted by atomic mass is 31.2. The van der Waals surface area contributed by atoms with Crippen LogP contribution in [0.3, 0.4) is 0 Å². The Morgan fingerprint density at radius 1 is 0.463 bits per heavy atom. The average Bonchev–Trinajstić information content (AvgIpc) is 3.32. The third-order valence-corrected chi connectivity index (χ3v) is 11.6. The maximum absolute atomic E-state index is 12.7. The van der Waals surface area contributed by atoms with Crippen molar-refractivity contribution < 1.29 is 37.6 Å². The number of unbranched alkanes of at least 4 members (excludes halogenated alkanes) is 17. The van der Waals surface area contributed by atoms with Crippen molar-refractivity contribution in [1.29, 1.82) is 0 Å². The molecule has 2 unspecified atom stereocenters. The van der Waals surface area contributed by atoms with Crippen molar-refractivity contribution in [3.63, 3.8) is 0 Å². The van der Waals surface area contributed by atoms with Crippen molar-refractivity contribution in [2.45, 2.75) is 213 Å². The van der Waals surface area contributed by atoms with E-state index in [0.717, 1.165) is 116 Å². The normalized spacial score (nSPS) is 14.0. The molecule has 10 heteroatoms. The second-order valence-corrected chi connectivity index (χ2v) is 18.5. The molecule has 2 atom stereocenters. The van der Waals surface area contributed by atoms with Crippen LogP contribution in [0.1, 0.15) is 206 Å². The minimum absolute atomic E-state index is 0.0433. The molecule has 0 aliphatic rings. The summed E-state index contributed by atoms with van der Waals surface area (Å²) in [6, 6.07) is 0. The number of hydrogen-bond acceptors (Lipinski definition) is 8. The predicted octanol–water partition coefficient (Wildman–Crippen LogP) is 16.3. The van der Waals surface area contributed by atoms with Gasteiger partial charge in [-0.05, 0) is 103 Å². The minimum atomic E-state index is -4.40. The third-order valence-electron chi connectivity index (χ3n) is 10.6. The number of esters is 2.